The summed E-state index contributed by atoms with van der Waals surface area (Å²) in [5.74, 6) is 0.875. The van der Waals surface area contributed by atoms with Crippen LogP contribution >= 0.6 is 0 Å². The molecule has 0 aromatic carbocycles. The fraction of sp³-hybridized carbons (Fsp3) is 0.750. The largest absolute Gasteiger partial charge is 0.876 e. The van der Waals surface area contributed by atoms with Crippen LogP contribution in [0.5, 0.6) is 0 Å². The van der Waals surface area contributed by atoms with Crippen LogP contribution in [0.1, 0.15) is 33.6 Å². The molecule has 0 aromatic heterocycles. The predicted molar refractivity (Wildman–Crippen MR) is 37.8 cm³/mol. The minimum absolute atomic E-state index is 0. The van der Waals surface area contributed by atoms with Crippen molar-refractivity contribution in [3.8, 4) is 0 Å². The second kappa shape index (κ2) is 5.91. The van der Waals surface area contributed by atoms with Crippen LogP contribution in [-0.2, 0) is 19.5 Å². The molecule has 0 spiro atoms. The van der Waals surface area contributed by atoms with Crippen molar-refractivity contribution in [1.29, 1.82) is 0 Å². The minimum atomic E-state index is 0. The molecular weight excluding hydrogens is 177 g/mol. The molecule has 0 aromatic rings. The van der Waals surface area contributed by atoms with E-state index in [1.807, 2.05) is 6.08 Å². The van der Waals surface area contributed by atoms with E-state index in [-0.39, 0.29) is 26.9 Å². The SMILES string of the molecule is C.C[C@@H]1C=C([O-])CCC1.[Zn]. The van der Waals surface area contributed by atoms with Crippen LogP contribution in [0.25, 0.3) is 0 Å². The number of rotatable bonds is 0. The Morgan fingerprint density at radius 1 is 1.60 bits per heavy atom. The molecule has 0 bridgehead atoms. The van der Waals surface area contributed by atoms with Gasteiger partial charge in [-0.3, -0.25) is 0 Å². The number of hydrogen-bond donors (Lipinski definition) is 0. The fourth-order valence-electron chi connectivity index (χ4n) is 1.08. The maximum atomic E-state index is 10.6. The molecule has 1 aliphatic rings. The van der Waals surface area contributed by atoms with E-state index in [9.17, 15) is 5.11 Å². The molecule has 0 saturated heterocycles. The Hall–Kier alpha value is 0.163. The van der Waals surface area contributed by atoms with E-state index in [0.717, 1.165) is 12.8 Å². The van der Waals surface area contributed by atoms with Crippen LogP contribution < -0.4 is 5.11 Å². The van der Waals surface area contributed by atoms with Crippen molar-refractivity contribution in [2.75, 3.05) is 0 Å². The zero-order valence-electron chi connectivity index (χ0n) is 5.89. The molecule has 0 saturated carbocycles. The van der Waals surface area contributed by atoms with Crippen molar-refractivity contribution < 1.29 is 24.6 Å². The van der Waals surface area contributed by atoms with E-state index in [1.165, 1.54) is 6.42 Å². The van der Waals surface area contributed by atoms with Gasteiger partial charge in [0.1, 0.15) is 0 Å². The molecule has 10 heavy (non-hydrogen) atoms. The predicted octanol–water partition coefficient (Wildman–Crippen LogP) is 1.68. The Balaban J connectivity index is 0. The second-order valence-electron chi connectivity index (χ2n) is 2.50. The standard InChI is InChI=1S/C7H12O.CH4.Zn/c1-6-3-2-4-7(8)5-6;;/h5-6,8H,2-4H2,1H3;1H4;/p-1/t6-;;/m0../s1. The molecule has 0 heterocycles. The van der Waals surface area contributed by atoms with E-state index in [2.05, 4.69) is 6.92 Å². The summed E-state index contributed by atoms with van der Waals surface area (Å²) >= 11 is 0. The third-order valence-corrected chi connectivity index (χ3v) is 1.55. The molecule has 0 N–H and O–H groups in total. The Morgan fingerprint density at radius 3 is 2.50 bits per heavy atom. The maximum Gasteiger partial charge on any atom is 0 e. The minimum Gasteiger partial charge on any atom is -0.876 e. The molecule has 2 heteroatoms. The summed E-state index contributed by atoms with van der Waals surface area (Å²) in [6, 6.07) is 0. The van der Waals surface area contributed by atoms with E-state index in [4.69, 9.17) is 0 Å². The van der Waals surface area contributed by atoms with Gasteiger partial charge in [0.05, 0.1) is 0 Å². The topological polar surface area (TPSA) is 23.1 Å². The van der Waals surface area contributed by atoms with Crippen molar-refractivity contribution in [2.45, 2.75) is 33.6 Å². The van der Waals surface area contributed by atoms with Crippen molar-refractivity contribution in [2.24, 2.45) is 5.92 Å². The van der Waals surface area contributed by atoms with Crippen LogP contribution in [0.3, 0.4) is 0 Å². The van der Waals surface area contributed by atoms with Gasteiger partial charge in [0.15, 0.2) is 0 Å². The van der Waals surface area contributed by atoms with Crippen LogP contribution in [0, 0.1) is 5.92 Å². The maximum absolute atomic E-state index is 10.6. The van der Waals surface area contributed by atoms with Crippen molar-refractivity contribution in [3.05, 3.63) is 11.8 Å². The molecule has 0 unspecified atom stereocenters. The smallest absolute Gasteiger partial charge is 0 e. The van der Waals surface area contributed by atoms with Gasteiger partial charge in [0.25, 0.3) is 0 Å². The Bertz CT molecular complexity index is 110. The average Bonchev–Trinajstić information content (AvgIpc) is 1.64. The molecule has 0 amide bonds. The second-order valence-corrected chi connectivity index (χ2v) is 2.50. The van der Waals surface area contributed by atoms with Crippen LogP contribution in [-0.4, -0.2) is 0 Å². The summed E-state index contributed by atoms with van der Waals surface area (Å²) in [5.41, 5.74) is 0. The summed E-state index contributed by atoms with van der Waals surface area (Å²) in [5, 5.41) is 10.6. The fourth-order valence-corrected chi connectivity index (χ4v) is 1.08. The van der Waals surface area contributed by atoms with Gasteiger partial charge in [-0.05, 0) is 25.2 Å². The van der Waals surface area contributed by atoms with E-state index in [0.29, 0.717) is 11.7 Å². The average molecular weight is 193 g/mol. The molecule has 1 atom stereocenters. The third kappa shape index (κ3) is 4.06. The number of allylic oxidation sites excluding steroid dienone is 2. The van der Waals surface area contributed by atoms with Crippen LogP contribution in [0.15, 0.2) is 11.8 Å². The third-order valence-electron chi connectivity index (χ3n) is 1.55. The van der Waals surface area contributed by atoms with Gasteiger partial charge in [0, 0.05) is 19.5 Å². The van der Waals surface area contributed by atoms with E-state index >= 15 is 0 Å². The molecule has 1 aliphatic carbocycles. The summed E-state index contributed by atoms with van der Waals surface area (Å²) in [6.45, 7) is 2.09. The summed E-state index contributed by atoms with van der Waals surface area (Å²) in [4.78, 5) is 0. The van der Waals surface area contributed by atoms with Crippen molar-refractivity contribution in [3.63, 3.8) is 0 Å². The van der Waals surface area contributed by atoms with Gasteiger partial charge >= 0.3 is 0 Å². The van der Waals surface area contributed by atoms with Gasteiger partial charge in [-0.2, -0.15) is 0 Å². The number of hydrogen-bond acceptors (Lipinski definition) is 1. The zero-order valence-corrected chi connectivity index (χ0v) is 8.86. The van der Waals surface area contributed by atoms with Crippen molar-refractivity contribution >= 4 is 0 Å². The zero-order chi connectivity index (χ0) is 5.98. The summed E-state index contributed by atoms with van der Waals surface area (Å²) in [6.07, 6.45) is 4.91. The van der Waals surface area contributed by atoms with Crippen LogP contribution in [0.4, 0.5) is 0 Å². The first-order valence-electron chi connectivity index (χ1n) is 3.17. The van der Waals surface area contributed by atoms with Crippen LogP contribution in [0.2, 0.25) is 0 Å². The Morgan fingerprint density at radius 2 is 2.20 bits per heavy atom. The van der Waals surface area contributed by atoms with Gasteiger partial charge in [-0.25, -0.2) is 0 Å². The van der Waals surface area contributed by atoms with Gasteiger partial charge < -0.3 is 5.11 Å². The Kier molecular flexibility index (Phi) is 7.57. The molecule has 0 radical (unpaired) electrons. The molecule has 1 nitrogen and oxygen atoms in total. The first kappa shape index (κ1) is 12.8. The van der Waals surface area contributed by atoms with Gasteiger partial charge in [-0.15, -0.1) is 5.76 Å². The van der Waals surface area contributed by atoms with E-state index in [1.54, 1.807) is 0 Å². The molecule has 0 aliphatic heterocycles. The van der Waals surface area contributed by atoms with Gasteiger partial charge in [0.2, 0.25) is 0 Å². The monoisotopic (exact) mass is 191 g/mol. The first-order valence-corrected chi connectivity index (χ1v) is 3.17. The van der Waals surface area contributed by atoms with Gasteiger partial charge in [-0.1, -0.05) is 20.4 Å². The summed E-state index contributed by atoms with van der Waals surface area (Å²) in [7, 11) is 0. The first-order chi connectivity index (χ1) is 3.79. The normalized spacial score (nSPS) is 23.7. The molecule has 0 fully saturated rings. The molecular formula is C8H15OZn-. The quantitative estimate of drug-likeness (QED) is 0.536. The summed E-state index contributed by atoms with van der Waals surface area (Å²) < 4.78 is 0. The Labute approximate surface area is 76.3 Å². The van der Waals surface area contributed by atoms with Crippen molar-refractivity contribution in [1.82, 2.24) is 0 Å². The molecule has 1 rings (SSSR count). The van der Waals surface area contributed by atoms with E-state index < -0.39 is 0 Å². The molecule has 56 valence electrons.